The van der Waals surface area contributed by atoms with Gasteiger partial charge in [0.25, 0.3) is 0 Å². The highest BCUT2D eigenvalue weighted by Crippen LogP contribution is 2.45. The smallest absolute Gasteiger partial charge is 0.303 e. The topological polar surface area (TPSA) is 82.1 Å². The number of hydrogen-bond acceptors (Lipinski definition) is 6. The Labute approximate surface area is 262 Å². The molecule has 0 saturated heterocycles. The first-order chi connectivity index (χ1) is 21.3. The molecule has 0 spiro atoms. The van der Waals surface area contributed by atoms with Crippen molar-refractivity contribution < 1.29 is 28.9 Å². The second-order valence-corrected chi connectivity index (χ2v) is 11.7. The second kappa shape index (κ2) is 15.8. The Morgan fingerprint density at radius 3 is 1.91 bits per heavy atom. The first kappa shape index (κ1) is 33.2. The number of esters is 2. The van der Waals surface area contributed by atoms with E-state index >= 15 is 0 Å². The molecule has 1 aliphatic rings. The summed E-state index contributed by atoms with van der Waals surface area (Å²) in [5.74, 6) is -1.22. The molecule has 1 unspecified atom stereocenters. The van der Waals surface area contributed by atoms with E-state index in [0.717, 1.165) is 36.0 Å². The van der Waals surface area contributed by atoms with Gasteiger partial charge in [0.2, 0.25) is 0 Å². The summed E-state index contributed by atoms with van der Waals surface area (Å²) in [6, 6.07) is 30.4. The van der Waals surface area contributed by atoms with Crippen molar-refractivity contribution in [2.24, 2.45) is 5.92 Å². The quantitative estimate of drug-likeness (QED) is 0.0843. The van der Waals surface area contributed by atoms with Gasteiger partial charge in [0.1, 0.15) is 17.3 Å². The highest BCUT2D eigenvalue weighted by molar-refractivity contribution is 5.67. The van der Waals surface area contributed by atoms with Gasteiger partial charge in [0.05, 0.1) is 12.7 Å². The summed E-state index contributed by atoms with van der Waals surface area (Å²) in [6.45, 7) is 5.20. The molecular weight excluding hydrogens is 552 g/mol. The largest absolute Gasteiger partial charge is 0.458 e. The Morgan fingerprint density at radius 1 is 0.886 bits per heavy atom. The molecule has 4 rings (SSSR count). The zero-order chi connectivity index (χ0) is 31.4. The van der Waals surface area contributed by atoms with Gasteiger partial charge in [-0.3, -0.25) is 9.59 Å². The fourth-order valence-corrected chi connectivity index (χ4v) is 6.53. The third kappa shape index (κ3) is 8.04. The predicted octanol–water partition coefficient (Wildman–Crippen LogP) is 7.53. The summed E-state index contributed by atoms with van der Waals surface area (Å²) in [5, 5.41) is 11.1. The molecule has 3 aromatic carbocycles. The minimum absolute atomic E-state index is 0.257. The molecule has 0 amide bonds. The van der Waals surface area contributed by atoms with Crippen LogP contribution < -0.4 is 0 Å². The predicted molar refractivity (Wildman–Crippen MR) is 172 cm³/mol. The fraction of sp³-hybridized carbons (Fsp3) is 0.421. The molecule has 6 heteroatoms. The van der Waals surface area contributed by atoms with E-state index in [0.29, 0.717) is 25.7 Å². The van der Waals surface area contributed by atoms with Gasteiger partial charge in [0.15, 0.2) is 0 Å². The van der Waals surface area contributed by atoms with E-state index < -0.39 is 35.3 Å². The molecule has 0 radical (unpaired) electrons. The molecule has 1 saturated carbocycles. The van der Waals surface area contributed by atoms with E-state index in [-0.39, 0.29) is 12.6 Å². The number of aliphatic hydroxyl groups excluding tert-OH is 1. The lowest BCUT2D eigenvalue weighted by molar-refractivity contribution is -0.164. The van der Waals surface area contributed by atoms with Crippen molar-refractivity contribution in [3.63, 3.8) is 0 Å². The van der Waals surface area contributed by atoms with Gasteiger partial charge in [-0.1, -0.05) is 117 Å². The Bertz CT molecular complexity index is 1240. The summed E-state index contributed by atoms with van der Waals surface area (Å²) in [7, 11) is 0. The summed E-state index contributed by atoms with van der Waals surface area (Å²) in [5.41, 5.74) is 1.07. The van der Waals surface area contributed by atoms with Gasteiger partial charge < -0.3 is 19.3 Å². The van der Waals surface area contributed by atoms with Crippen LogP contribution in [0, 0.1) is 5.92 Å². The molecule has 0 heterocycles. The molecule has 44 heavy (non-hydrogen) atoms. The maximum absolute atomic E-state index is 12.5. The number of ether oxygens (including phenoxy) is 3. The number of benzene rings is 3. The van der Waals surface area contributed by atoms with Crippen LogP contribution in [0.25, 0.3) is 0 Å². The van der Waals surface area contributed by atoms with E-state index in [9.17, 15) is 14.7 Å². The molecule has 3 aromatic rings. The first-order valence-corrected chi connectivity index (χ1v) is 15.8. The molecular formula is C38H46O6. The monoisotopic (exact) mass is 598 g/mol. The van der Waals surface area contributed by atoms with Crippen molar-refractivity contribution in [3.8, 4) is 0 Å². The zero-order valence-corrected chi connectivity index (χ0v) is 26.2. The number of aliphatic hydroxyl groups is 1. The zero-order valence-electron chi connectivity index (χ0n) is 26.2. The van der Waals surface area contributed by atoms with Crippen LogP contribution in [0.1, 0.15) is 82.4 Å². The van der Waals surface area contributed by atoms with Crippen LogP contribution >= 0.6 is 0 Å². The van der Waals surface area contributed by atoms with Gasteiger partial charge in [-0.15, -0.1) is 0 Å². The highest BCUT2D eigenvalue weighted by atomic mass is 16.6. The molecule has 0 aromatic heterocycles. The van der Waals surface area contributed by atoms with Crippen molar-refractivity contribution in [3.05, 3.63) is 120 Å². The number of hydrogen-bond donors (Lipinski definition) is 1. The lowest BCUT2D eigenvalue weighted by Crippen LogP contribution is -2.43. The number of carbonyl (C=O) groups excluding carboxylic acids is 2. The van der Waals surface area contributed by atoms with Gasteiger partial charge in [-0.25, -0.2) is 0 Å². The maximum atomic E-state index is 12.5. The Kier molecular flexibility index (Phi) is 11.9. The van der Waals surface area contributed by atoms with Crippen molar-refractivity contribution in [2.45, 2.75) is 89.1 Å². The van der Waals surface area contributed by atoms with Gasteiger partial charge in [0, 0.05) is 26.2 Å². The standard InChI is InChI=1S/C38H46O6/c1-4-5-9-22-34(43-29(2)39)23-24-35-36(41)25-26-37(35,44-30(3)40)27-28-42-38(31-16-10-6-11-17-31,32-18-12-7-13-19-32)33-20-14-8-15-21-33/h6-8,10-21,23-24,34-36,41H,4-5,9,22,25-28H2,1-3H3/b24-23+/t34-,35?,36-,37+/m1/s1. The van der Waals surface area contributed by atoms with E-state index in [2.05, 4.69) is 43.3 Å². The minimum atomic E-state index is -0.970. The summed E-state index contributed by atoms with van der Waals surface area (Å²) in [4.78, 5) is 24.3. The number of carbonyl (C=O) groups is 2. The third-order valence-corrected chi connectivity index (χ3v) is 8.56. The SMILES string of the molecule is CCCCC[C@H](/C=C/C1[C@H](O)CC[C@@]1(CCOC(c1ccccc1)(c1ccccc1)c1ccccc1)OC(C)=O)OC(C)=O. The maximum Gasteiger partial charge on any atom is 0.303 e. The van der Waals surface area contributed by atoms with Crippen LogP contribution in [0.2, 0.25) is 0 Å². The normalized spacial score (nSPS) is 20.8. The van der Waals surface area contributed by atoms with Crippen LogP contribution in [-0.2, 0) is 29.4 Å². The molecule has 4 atom stereocenters. The molecule has 1 N–H and O–H groups in total. The van der Waals surface area contributed by atoms with E-state index in [1.54, 1.807) is 0 Å². The van der Waals surface area contributed by atoms with Crippen molar-refractivity contribution >= 4 is 11.9 Å². The van der Waals surface area contributed by atoms with Gasteiger partial charge in [-0.2, -0.15) is 0 Å². The lowest BCUT2D eigenvalue weighted by Gasteiger charge is -2.39. The minimum Gasteiger partial charge on any atom is -0.458 e. The van der Waals surface area contributed by atoms with E-state index in [1.165, 1.54) is 13.8 Å². The summed E-state index contributed by atoms with van der Waals surface area (Å²) >= 11 is 0. The van der Waals surface area contributed by atoms with E-state index in [1.807, 2.05) is 66.7 Å². The molecule has 1 aliphatic carbocycles. The van der Waals surface area contributed by atoms with Crippen molar-refractivity contribution in [2.75, 3.05) is 6.61 Å². The van der Waals surface area contributed by atoms with Crippen LogP contribution in [0.4, 0.5) is 0 Å². The first-order valence-electron chi connectivity index (χ1n) is 15.8. The Morgan fingerprint density at radius 2 is 1.43 bits per heavy atom. The number of rotatable bonds is 15. The van der Waals surface area contributed by atoms with Gasteiger partial charge >= 0.3 is 11.9 Å². The fourth-order valence-electron chi connectivity index (χ4n) is 6.53. The van der Waals surface area contributed by atoms with Crippen LogP contribution in [-0.4, -0.2) is 41.5 Å². The van der Waals surface area contributed by atoms with Crippen LogP contribution in [0.15, 0.2) is 103 Å². The Hall–Kier alpha value is -3.74. The molecule has 0 bridgehead atoms. The Balaban J connectivity index is 1.67. The van der Waals surface area contributed by atoms with Crippen molar-refractivity contribution in [1.82, 2.24) is 0 Å². The van der Waals surface area contributed by atoms with Crippen LogP contribution in [0.5, 0.6) is 0 Å². The average molecular weight is 599 g/mol. The second-order valence-electron chi connectivity index (χ2n) is 11.7. The highest BCUT2D eigenvalue weighted by Gasteiger charge is 2.50. The van der Waals surface area contributed by atoms with E-state index in [4.69, 9.17) is 14.2 Å². The third-order valence-electron chi connectivity index (χ3n) is 8.56. The van der Waals surface area contributed by atoms with Crippen molar-refractivity contribution in [1.29, 1.82) is 0 Å². The lowest BCUT2D eigenvalue weighted by atomic mass is 9.79. The van der Waals surface area contributed by atoms with Crippen LogP contribution in [0.3, 0.4) is 0 Å². The van der Waals surface area contributed by atoms with Gasteiger partial charge in [-0.05, 0) is 48.4 Å². The molecule has 6 nitrogen and oxygen atoms in total. The molecule has 0 aliphatic heterocycles. The molecule has 1 fully saturated rings. The average Bonchev–Trinajstić information content (AvgIpc) is 3.32. The summed E-state index contributed by atoms with van der Waals surface area (Å²) < 4.78 is 18.7. The number of unbranched alkanes of at least 4 members (excludes halogenated alkanes) is 2. The molecule has 234 valence electrons. The summed E-state index contributed by atoms with van der Waals surface area (Å²) in [6.07, 6.45) is 7.72.